The molecule has 1 aromatic carbocycles. The van der Waals surface area contributed by atoms with Gasteiger partial charge >= 0.3 is 0 Å². The molecule has 1 fully saturated rings. The first kappa shape index (κ1) is 13.7. The lowest BCUT2D eigenvalue weighted by Crippen LogP contribution is -2.32. The molecular formula is C14H15N3O4. The number of carbonyl (C=O) groups excluding carboxylic acids is 2. The summed E-state index contributed by atoms with van der Waals surface area (Å²) in [5.74, 6) is -1.26. The topological polar surface area (TPSA) is 92.6 Å². The van der Waals surface area contributed by atoms with Crippen molar-refractivity contribution in [3.05, 3.63) is 33.9 Å². The third-order valence-corrected chi connectivity index (χ3v) is 3.73. The van der Waals surface area contributed by atoms with E-state index in [0.717, 1.165) is 13.0 Å². The molecule has 0 radical (unpaired) electrons. The number of nitrogens with zero attached hydrogens (tertiary/aromatic N) is 2. The van der Waals surface area contributed by atoms with Crippen molar-refractivity contribution >= 4 is 23.1 Å². The van der Waals surface area contributed by atoms with E-state index in [9.17, 15) is 19.7 Å². The molecule has 0 bridgehead atoms. The molecule has 2 aliphatic rings. The number of hydrogen-bond acceptors (Lipinski definition) is 5. The summed E-state index contributed by atoms with van der Waals surface area (Å²) in [7, 11) is 0. The molecule has 0 spiro atoms. The second-order valence-corrected chi connectivity index (χ2v) is 5.33. The van der Waals surface area contributed by atoms with Gasteiger partial charge in [0.1, 0.15) is 0 Å². The maximum atomic E-state index is 12.0. The first-order valence-corrected chi connectivity index (χ1v) is 6.96. The molecule has 3 rings (SSSR count). The van der Waals surface area contributed by atoms with Gasteiger partial charge in [-0.2, -0.15) is 0 Å². The van der Waals surface area contributed by atoms with Crippen molar-refractivity contribution in [3.8, 4) is 0 Å². The van der Waals surface area contributed by atoms with Crippen LogP contribution in [0.15, 0.2) is 18.2 Å². The molecule has 1 aliphatic heterocycles. The van der Waals surface area contributed by atoms with Crippen LogP contribution in [0.3, 0.4) is 0 Å². The molecule has 1 saturated carbocycles. The fourth-order valence-electron chi connectivity index (χ4n) is 2.45. The first-order chi connectivity index (χ1) is 10.1. The number of fused-ring (bicyclic) bond motifs is 1. The van der Waals surface area contributed by atoms with Crippen molar-refractivity contribution in [3.63, 3.8) is 0 Å². The van der Waals surface area contributed by atoms with Crippen molar-refractivity contribution in [2.75, 3.05) is 18.0 Å². The molecule has 1 aliphatic carbocycles. The van der Waals surface area contributed by atoms with Gasteiger partial charge in [0, 0.05) is 24.7 Å². The summed E-state index contributed by atoms with van der Waals surface area (Å²) >= 11 is 0. The Balaban J connectivity index is 1.72. The molecular weight excluding hydrogens is 274 g/mol. The van der Waals surface area contributed by atoms with E-state index in [1.807, 2.05) is 0 Å². The number of nitro groups is 1. The zero-order valence-electron chi connectivity index (χ0n) is 11.4. The van der Waals surface area contributed by atoms with Crippen LogP contribution in [-0.4, -0.2) is 35.7 Å². The highest BCUT2D eigenvalue weighted by molar-refractivity contribution is 6.52. The van der Waals surface area contributed by atoms with E-state index in [-0.39, 0.29) is 11.3 Å². The van der Waals surface area contributed by atoms with Gasteiger partial charge in [-0.25, -0.2) is 0 Å². The van der Waals surface area contributed by atoms with Gasteiger partial charge in [-0.3, -0.25) is 19.7 Å². The Labute approximate surface area is 121 Å². The van der Waals surface area contributed by atoms with Crippen LogP contribution in [0.4, 0.5) is 11.4 Å². The molecule has 0 atom stereocenters. The molecule has 1 amide bonds. The second-order valence-electron chi connectivity index (χ2n) is 5.33. The quantitative estimate of drug-likeness (QED) is 0.368. The number of nitrogens with one attached hydrogen (secondary N) is 1. The predicted molar refractivity (Wildman–Crippen MR) is 75.4 cm³/mol. The summed E-state index contributed by atoms with van der Waals surface area (Å²) in [5, 5.41) is 14.1. The molecule has 110 valence electrons. The lowest BCUT2D eigenvalue weighted by Gasteiger charge is -2.16. The Hall–Kier alpha value is -2.28. The van der Waals surface area contributed by atoms with Crippen LogP contribution in [0.5, 0.6) is 0 Å². The second kappa shape index (κ2) is 5.25. The fraction of sp³-hybridized carbons (Fsp3) is 0.429. The number of nitro benzene ring substituents is 1. The monoisotopic (exact) mass is 289 g/mol. The standard InChI is InChI=1S/C14H15N3O4/c18-13-11-8-10(17(20)21)4-5-12(11)16(14(13)19)7-1-6-15-9-2-3-9/h4-5,8-9,15H,1-3,6-7H2. The minimum Gasteiger partial charge on any atom is -0.314 e. The van der Waals surface area contributed by atoms with Crippen LogP contribution >= 0.6 is 0 Å². The molecule has 0 unspecified atom stereocenters. The average molecular weight is 289 g/mol. The molecule has 1 aromatic rings. The van der Waals surface area contributed by atoms with Crippen molar-refractivity contribution < 1.29 is 14.5 Å². The lowest BCUT2D eigenvalue weighted by molar-refractivity contribution is -0.384. The zero-order valence-corrected chi connectivity index (χ0v) is 11.4. The number of amides is 1. The van der Waals surface area contributed by atoms with Gasteiger partial charge in [0.2, 0.25) is 0 Å². The normalized spacial score (nSPS) is 17.2. The fourth-order valence-corrected chi connectivity index (χ4v) is 2.45. The molecule has 0 aromatic heterocycles. The summed E-state index contributed by atoms with van der Waals surface area (Å²) in [4.78, 5) is 35.5. The van der Waals surface area contributed by atoms with E-state index >= 15 is 0 Å². The number of rotatable bonds is 6. The summed E-state index contributed by atoms with van der Waals surface area (Å²) in [6.45, 7) is 1.24. The Morgan fingerprint density at radius 1 is 1.33 bits per heavy atom. The lowest BCUT2D eigenvalue weighted by atomic mass is 10.1. The van der Waals surface area contributed by atoms with Gasteiger partial charge in [0.25, 0.3) is 17.4 Å². The van der Waals surface area contributed by atoms with Gasteiger partial charge < -0.3 is 10.2 Å². The van der Waals surface area contributed by atoms with Gasteiger partial charge in [-0.1, -0.05) is 0 Å². The van der Waals surface area contributed by atoms with Gasteiger partial charge in [0.15, 0.2) is 0 Å². The maximum absolute atomic E-state index is 12.0. The zero-order chi connectivity index (χ0) is 15.0. The SMILES string of the molecule is O=C1C(=O)N(CCCNC2CC2)c2ccc([N+](=O)[O-])cc21. The van der Waals surface area contributed by atoms with E-state index in [2.05, 4.69) is 5.32 Å². The molecule has 21 heavy (non-hydrogen) atoms. The number of ketones is 1. The number of anilines is 1. The Morgan fingerprint density at radius 2 is 2.10 bits per heavy atom. The van der Waals surface area contributed by atoms with Crippen LogP contribution < -0.4 is 10.2 Å². The van der Waals surface area contributed by atoms with Crippen LogP contribution in [0.1, 0.15) is 29.6 Å². The Morgan fingerprint density at radius 3 is 2.76 bits per heavy atom. The van der Waals surface area contributed by atoms with Gasteiger partial charge in [0.05, 0.1) is 16.2 Å². The molecule has 7 nitrogen and oxygen atoms in total. The highest BCUT2D eigenvalue weighted by Gasteiger charge is 2.36. The number of carbonyl (C=O) groups is 2. The van der Waals surface area contributed by atoms with E-state index in [4.69, 9.17) is 0 Å². The van der Waals surface area contributed by atoms with Crippen molar-refractivity contribution in [1.82, 2.24) is 5.32 Å². The molecule has 0 saturated heterocycles. The van der Waals surface area contributed by atoms with Gasteiger partial charge in [-0.05, 0) is 31.9 Å². The van der Waals surface area contributed by atoms with Crippen LogP contribution in [0, 0.1) is 10.1 Å². The highest BCUT2D eigenvalue weighted by Crippen LogP contribution is 2.32. The van der Waals surface area contributed by atoms with Gasteiger partial charge in [-0.15, -0.1) is 0 Å². The number of hydrogen-bond donors (Lipinski definition) is 1. The van der Waals surface area contributed by atoms with E-state index in [1.165, 1.54) is 35.9 Å². The summed E-state index contributed by atoms with van der Waals surface area (Å²) in [6, 6.07) is 4.58. The number of Topliss-reactive ketones (excluding diaryl/α,β-unsaturated/α-hetero) is 1. The van der Waals surface area contributed by atoms with E-state index in [1.54, 1.807) is 0 Å². The third-order valence-electron chi connectivity index (χ3n) is 3.73. The van der Waals surface area contributed by atoms with Crippen LogP contribution in [0.25, 0.3) is 0 Å². The van der Waals surface area contributed by atoms with E-state index in [0.29, 0.717) is 18.3 Å². The van der Waals surface area contributed by atoms with Crippen molar-refractivity contribution in [2.45, 2.75) is 25.3 Å². The third kappa shape index (κ3) is 2.64. The van der Waals surface area contributed by atoms with Crippen LogP contribution in [-0.2, 0) is 4.79 Å². The predicted octanol–water partition coefficient (Wildman–Crippen LogP) is 1.27. The summed E-state index contributed by atoms with van der Waals surface area (Å²) in [5.41, 5.74) is 0.429. The van der Waals surface area contributed by atoms with Crippen LogP contribution in [0.2, 0.25) is 0 Å². The average Bonchev–Trinajstić information content (AvgIpc) is 3.26. The smallest absolute Gasteiger partial charge is 0.299 e. The van der Waals surface area contributed by atoms with Crippen molar-refractivity contribution in [2.24, 2.45) is 0 Å². The maximum Gasteiger partial charge on any atom is 0.299 e. The van der Waals surface area contributed by atoms with Crippen molar-refractivity contribution in [1.29, 1.82) is 0 Å². The Kier molecular flexibility index (Phi) is 3.42. The number of benzene rings is 1. The minimum atomic E-state index is -0.663. The largest absolute Gasteiger partial charge is 0.314 e. The summed E-state index contributed by atoms with van der Waals surface area (Å²) in [6.07, 6.45) is 3.15. The minimum absolute atomic E-state index is 0.129. The molecule has 1 N–H and O–H groups in total. The van der Waals surface area contributed by atoms with E-state index < -0.39 is 16.6 Å². The Bertz CT molecular complexity index is 625. The number of non-ortho nitro benzene ring substituents is 1. The molecule has 1 heterocycles. The first-order valence-electron chi connectivity index (χ1n) is 6.96. The summed E-state index contributed by atoms with van der Waals surface area (Å²) < 4.78 is 0. The highest BCUT2D eigenvalue weighted by atomic mass is 16.6. The molecule has 7 heteroatoms.